The number of alkyl halides is 3. The van der Waals surface area contributed by atoms with Gasteiger partial charge >= 0.3 is 0 Å². The van der Waals surface area contributed by atoms with Gasteiger partial charge in [0.25, 0.3) is 9.70 Å². The highest BCUT2D eigenvalue weighted by Gasteiger charge is 2.38. The Hall–Kier alpha value is -0.480. The van der Waals surface area contributed by atoms with Crippen LogP contribution in [0.2, 0.25) is 0 Å². The van der Waals surface area contributed by atoms with Crippen LogP contribution in [0.25, 0.3) is 0 Å². The monoisotopic (exact) mass is 323 g/mol. The summed E-state index contributed by atoms with van der Waals surface area (Å²) in [6.45, 7) is 5.79. The lowest BCUT2D eigenvalue weighted by atomic mass is 10.1. The molecule has 0 spiro atoms. The van der Waals surface area contributed by atoms with Crippen molar-refractivity contribution in [2.75, 3.05) is 0 Å². The Morgan fingerprint density at radius 1 is 1.26 bits per heavy atom. The third-order valence-electron chi connectivity index (χ3n) is 2.61. The van der Waals surface area contributed by atoms with E-state index in [1.807, 2.05) is 38.2 Å². The highest BCUT2D eigenvalue weighted by atomic mass is 35.6. The van der Waals surface area contributed by atoms with Gasteiger partial charge in [-0.15, -0.1) is 0 Å². The number of nitrogens with one attached hydrogen (secondary N) is 1. The second kappa shape index (κ2) is 6.80. The topological polar surface area (TPSA) is 45.7 Å². The summed E-state index contributed by atoms with van der Waals surface area (Å²) in [4.78, 5) is 12.2. The molecule has 0 fully saturated rings. The van der Waals surface area contributed by atoms with Crippen LogP contribution in [0.5, 0.6) is 0 Å². The Bertz CT molecular complexity index is 444. The van der Waals surface area contributed by atoms with Crippen LogP contribution < -0.4 is 10.6 Å². The molecule has 1 rings (SSSR count). The van der Waals surface area contributed by atoms with E-state index < -0.39 is 9.96 Å². The largest absolute Gasteiger partial charge is 0.321 e. The summed E-state index contributed by atoms with van der Waals surface area (Å²) in [5, 5.41) is 4.56. The first-order valence-electron chi connectivity index (χ1n) is 6.00. The molecule has 0 saturated carbocycles. The van der Waals surface area contributed by atoms with Crippen LogP contribution in [-0.4, -0.2) is 21.9 Å². The van der Waals surface area contributed by atoms with E-state index in [0.29, 0.717) is 5.56 Å². The zero-order valence-corrected chi connectivity index (χ0v) is 13.4. The van der Waals surface area contributed by atoms with E-state index in [4.69, 9.17) is 34.8 Å². The molecule has 1 amide bonds. The van der Waals surface area contributed by atoms with Crippen molar-refractivity contribution in [3.05, 3.63) is 35.4 Å². The Morgan fingerprint density at radius 2 is 1.84 bits per heavy atom. The summed E-state index contributed by atoms with van der Waals surface area (Å²) >= 11 is 17.7. The van der Waals surface area contributed by atoms with Crippen molar-refractivity contribution in [1.82, 2.24) is 5.32 Å². The molecule has 19 heavy (non-hydrogen) atoms. The van der Waals surface area contributed by atoms with Gasteiger partial charge in [0.1, 0.15) is 0 Å². The van der Waals surface area contributed by atoms with Crippen LogP contribution in [0.1, 0.15) is 29.8 Å². The molecular formula is C13H18Cl3N2O+. The number of benzene rings is 1. The Kier molecular flexibility index (Phi) is 5.93. The molecule has 106 valence electrons. The van der Waals surface area contributed by atoms with Gasteiger partial charge < -0.3 is 5.32 Å². The number of halogens is 3. The molecule has 1 unspecified atom stereocenters. The minimum atomic E-state index is -1.57. The van der Waals surface area contributed by atoms with Crippen LogP contribution in [0.3, 0.4) is 0 Å². The molecule has 1 aromatic carbocycles. The van der Waals surface area contributed by atoms with Crippen molar-refractivity contribution < 1.29 is 10.1 Å². The first-order valence-corrected chi connectivity index (χ1v) is 7.13. The number of carbonyl (C=O) groups excluding carboxylic acids is 1. The predicted molar refractivity (Wildman–Crippen MR) is 79.8 cm³/mol. The van der Waals surface area contributed by atoms with Crippen LogP contribution >= 0.6 is 34.8 Å². The second-order valence-corrected chi connectivity index (χ2v) is 7.11. The molecule has 6 heteroatoms. The van der Waals surface area contributed by atoms with Gasteiger partial charge in [-0.25, -0.2) is 0 Å². The van der Waals surface area contributed by atoms with Crippen LogP contribution in [-0.2, 0) is 0 Å². The van der Waals surface area contributed by atoms with E-state index in [0.717, 1.165) is 5.56 Å². The summed E-state index contributed by atoms with van der Waals surface area (Å²) in [5.74, 6) is -0.244. The Labute approximate surface area is 128 Å². The number of quaternary nitrogens is 1. The molecule has 1 aromatic rings. The van der Waals surface area contributed by atoms with E-state index in [9.17, 15) is 4.79 Å². The number of nitrogens with two attached hydrogens (primary N) is 1. The molecule has 3 nitrogen and oxygen atoms in total. The maximum Gasteiger partial charge on any atom is 0.262 e. The molecule has 0 aromatic heterocycles. The summed E-state index contributed by atoms with van der Waals surface area (Å²) in [7, 11) is 0. The van der Waals surface area contributed by atoms with E-state index in [-0.39, 0.29) is 11.9 Å². The van der Waals surface area contributed by atoms with Gasteiger partial charge in [-0.05, 0) is 32.4 Å². The maximum absolute atomic E-state index is 12.2. The fraction of sp³-hybridized carbons (Fsp3) is 0.462. The summed E-state index contributed by atoms with van der Waals surface area (Å²) in [6.07, 6.45) is -0.635. The second-order valence-electron chi connectivity index (χ2n) is 4.74. The summed E-state index contributed by atoms with van der Waals surface area (Å²) in [5.41, 5.74) is 1.46. The molecular weight excluding hydrogens is 307 g/mol. The number of amides is 1. The summed E-state index contributed by atoms with van der Waals surface area (Å²) in [6, 6.07) is 7.48. The van der Waals surface area contributed by atoms with Crippen LogP contribution in [0.4, 0.5) is 0 Å². The van der Waals surface area contributed by atoms with Crippen LogP contribution in [0.15, 0.2) is 24.3 Å². The molecule has 1 atom stereocenters. The van der Waals surface area contributed by atoms with Gasteiger partial charge in [0.15, 0.2) is 0 Å². The average Bonchev–Trinajstić information content (AvgIpc) is 2.26. The Morgan fingerprint density at radius 3 is 2.32 bits per heavy atom. The molecule has 0 bridgehead atoms. The van der Waals surface area contributed by atoms with Gasteiger partial charge in [0.05, 0.1) is 6.04 Å². The quantitative estimate of drug-likeness (QED) is 0.648. The average molecular weight is 325 g/mol. The molecule has 0 radical (unpaired) electrons. The normalized spacial score (nSPS) is 13.4. The third kappa shape index (κ3) is 5.19. The van der Waals surface area contributed by atoms with Crippen molar-refractivity contribution in [2.24, 2.45) is 0 Å². The number of hydrogen-bond acceptors (Lipinski definition) is 1. The van der Waals surface area contributed by atoms with Crippen molar-refractivity contribution in [1.29, 1.82) is 0 Å². The van der Waals surface area contributed by atoms with Crippen molar-refractivity contribution in [3.63, 3.8) is 0 Å². The smallest absolute Gasteiger partial charge is 0.262 e. The Balaban J connectivity index is 2.86. The van der Waals surface area contributed by atoms with Gasteiger partial charge in [-0.1, -0.05) is 53.0 Å². The first-order chi connectivity index (χ1) is 8.71. The van der Waals surface area contributed by atoms with Crippen molar-refractivity contribution in [3.8, 4) is 0 Å². The minimum absolute atomic E-state index is 0.192. The maximum atomic E-state index is 12.2. The molecule has 0 aliphatic heterocycles. The lowest BCUT2D eigenvalue weighted by molar-refractivity contribution is -0.717. The fourth-order valence-electron chi connectivity index (χ4n) is 1.67. The van der Waals surface area contributed by atoms with E-state index in [1.54, 1.807) is 12.1 Å². The number of hydrogen-bond donors (Lipinski definition) is 2. The fourth-order valence-corrected chi connectivity index (χ4v) is 2.05. The highest BCUT2D eigenvalue weighted by molar-refractivity contribution is 6.68. The highest BCUT2D eigenvalue weighted by Crippen LogP contribution is 2.27. The van der Waals surface area contributed by atoms with Crippen molar-refractivity contribution in [2.45, 2.75) is 36.8 Å². The lowest BCUT2D eigenvalue weighted by Crippen LogP contribution is -2.99. The SMILES string of the molecule is Cc1ccccc1C(=O)NC([NH2+]C(C)C)C(Cl)(Cl)Cl. The standard InChI is InChI=1S/C13H17Cl3N2O/c1-8(2)17-12(13(14,15)16)18-11(19)10-7-5-4-6-9(10)3/h4-8,12,17H,1-3H3,(H,18,19)/p+1. The predicted octanol–water partition coefficient (Wildman–Crippen LogP) is 2.39. The summed E-state index contributed by atoms with van der Waals surface area (Å²) < 4.78 is -1.57. The van der Waals surface area contributed by atoms with Gasteiger partial charge in [0, 0.05) is 5.56 Å². The lowest BCUT2D eigenvalue weighted by Gasteiger charge is -2.25. The molecule has 3 N–H and O–H groups in total. The van der Waals surface area contributed by atoms with E-state index in [1.165, 1.54) is 0 Å². The van der Waals surface area contributed by atoms with Gasteiger partial charge in [-0.2, -0.15) is 0 Å². The number of rotatable bonds is 4. The zero-order chi connectivity index (χ0) is 14.6. The zero-order valence-electron chi connectivity index (χ0n) is 11.1. The number of carbonyl (C=O) groups is 1. The number of aryl methyl sites for hydroxylation is 1. The van der Waals surface area contributed by atoms with Gasteiger partial charge in [0.2, 0.25) is 6.17 Å². The molecule has 0 aliphatic carbocycles. The third-order valence-corrected chi connectivity index (χ3v) is 3.31. The molecule has 0 saturated heterocycles. The van der Waals surface area contributed by atoms with Crippen molar-refractivity contribution >= 4 is 40.7 Å². The van der Waals surface area contributed by atoms with E-state index in [2.05, 4.69) is 5.32 Å². The van der Waals surface area contributed by atoms with Crippen LogP contribution in [0, 0.1) is 6.92 Å². The molecule has 0 heterocycles. The van der Waals surface area contributed by atoms with Gasteiger partial charge in [-0.3, -0.25) is 10.1 Å². The van der Waals surface area contributed by atoms with E-state index >= 15 is 0 Å². The molecule has 0 aliphatic rings. The first kappa shape index (κ1) is 16.6. The minimum Gasteiger partial charge on any atom is -0.321 e.